The molecule has 1 aromatic rings. The lowest BCUT2D eigenvalue weighted by molar-refractivity contribution is 0.136. The van der Waals surface area contributed by atoms with Gasteiger partial charge >= 0.3 is 0 Å². The summed E-state index contributed by atoms with van der Waals surface area (Å²) in [5.74, 6) is 0. The summed E-state index contributed by atoms with van der Waals surface area (Å²) in [4.78, 5) is 7.95. The third kappa shape index (κ3) is 4.89. The molecule has 0 aliphatic heterocycles. The molecular formula is C10H17N3O. The van der Waals surface area contributed by atoms with Gasteiger partial charge in [-0.1, -0.05) is 6.92 Å². The summed E-state index contributed by atoms with van der Waals surface area (Å²) in [6.07, 6.45) is 4.38. The Bertz CT molecular complexity index is 228. The van der Waals surface area contributed by atoms with E-state index in [0.29, 0.717) is 0 Å². The van der Waals surface area contributed by atoms with Crippen LogP contribution in [0, 0.1) is 0 Å². The van der Waals surface area contributed by atoms with Gasteiger partial charge in [0, 0.05) is 25.9 Å². The van der Waals surface area contributed by atoms with Crippen LogP contribution in [0.3, 0.4) is 0 Å². The van der Waals surface area contributed by atoms with Crippen LogP contribution >= 0.6 is 0 Å². The van der Waals surface area contributed by atoms with Crippen LogP contribution in [0.1, 0.15) is 19.0 Å². The molecule has 1 N–H and O–H groups in total. The summed E-state index contributed by atoms with van der Waals surface area (Å²) in [6, 6.07) is 1.90. The fourth-order valence-electron chi connectivity index (χ4n) is 1.03. The van der Waals surface area contributed by atoms with Crippen LogP contribution in [0.2, 0.25) is 0 Å². The van der Waals surface area contributed by atoms with Gasteiger partial charge in [-0.05, 0) is 12.5 Å². The van der Waals surface area contributed by atoms with E-state index in [1.807, 2.05) is 6.07 Å². The molecule has 1 aromatic heterocycles. The summed E-state index contributed by atoms with van der Waals surface area (Å²) in [6.45, 7) is 5.35. The predicted octanol–water partition coefficient (Wildman–Crippen LogP) is 0.993. The van der Waals surface area contributed by atoms with Gasteiger partial charge in [-0.2, -0.15) is 0 Å². The molecule has 0 amide bonds. The molecule has 0 saturated heterocycles. The van der Waals surface area contributed by atoms with Crippen molar-refractivity contribution in [3.8, 4) is 0 Å². The zero-order chi connectivity index (χ0) is 10.1. The SMILES string of the molecule is CCCOCCNCc1ccncn1. The highest BCUT2D eigenvalue weighted by Crippen LogP contribution is 1.88. The van der Waals surface area contributed by atoms with Gasteiger partial charge in [-0.3, -0.25) is 0 Å². The Morgan fingerprint density at radius 1 is 1.43 bits per heavy atom. The van der Waals surface area contributed by atoms with Crippen LogP contribution in [-0.4, -0.2) is 29.7 Å². The second-order valence-corrected chi connectivity index (χ2v) is 2.99. The summed E-state index contributed by atoms with van der Waals surface area (Å²) < 4.78 is 5.33. The molecule has 0 saturated carbocycles. The molecule has 0 atom stereocenters. The quantitative estimate of drug-likeness (QED) is 0.659. The van der Waals surface area contributed by atoms with Crippen molar-refractivity contribution in [3.63, 3.8) is 0 Å². The topological polar surface area (TPSA) is 47.0 Å². The molecule has 0 bridgehead atoms. The van der Waals surface area contributed by atoms with Crippen molar-refractivity contribution >= 4 is 0 Å². The average Bonchev–Trinajstić information content (AvgIpc) is 2.25. The van der Waals surface area contributed by atoms with Crippen LogP contribution in [0.15, 0.2) is 18.6 Å². The first-order chi connectivity index (χ1) is 6.93. The van der Waals surface area contributed by atoms with E-state index >= 15 is 0 Å². The van der Waals surface area contributed by atoms with E-state index in [4.69, 9.17) is 4.74 Å². The molecule has 0 aliphatic carbocycles. The van der Waals surface area contributed by atoms with Crippen molar-refractivity contribution < 1.29 is 4.74 Å². The van der Waals surface area contributed by atoms with E-state index in [-0.39, 0.29) is 0 Å². The summed E-state index contributed by atoms with van der Waals surface area (Å²) >= 11 is 0. The second kappa shape index (κ2) is 7.41. The molecule has 4 nitrogen and oxygen atoms in total. The third-order valence-electron chi connectivity index (χ3n) is 1.72. The highest BCUT2D eigenvalue weighted by molar-refractivity contribution is 4.96. The number of ether oxygens (including phenoxy) is 1. The van der Waals surface area contributed by atoms with Crippen molar-refractivity contribution in [2.24, 2.45) is 0 Å². The minimum Gasteiger partial charge on any atom is -0.380 e. The molecule has 1 rings (SSSR count). The van der Waals surface area contributed by atoms with E-state index in [2.05, 4.69) is 22.2 Å². The average molecular weight is 195 g/mol. The number of aromatic nitrogens is 2. The molecule has 78 valence electrons. The number of nitrogens with zero attached hydrogens (tertiary/aromatic N) is 2. The third-order valence-corrected chi connectivity index (χ3v) is 1.72. The van der Waals surface area contributed by atoms with Gasteiger partial charge in [0.15, 0.2) is 0 Å². The van der Waals surface area contributed by atoms with E-state index in [9.17, 15) is 0 Å². The van der Waals surface area contributed by atoms with Crippen LogP contribution in [-0.2, 0) is 11.3 Å². The normalized spacial score (nSPS) is 10.4. The van der Waals surface area contributed by atoms with Gasteiger partial charge in [-0.25, -0.2) is 9.97 Å². The van der Waals surface area contributed by atoms with Gasteiger partial charge in [0.2, 0.25) is 0 Å². The largest absolute Gasteiger partial charge is 0.380 e. The summed E-state index contributed by atoms with van der Waals surface area (Å²) in [5.41, 5.74) is 1.01. The molecule has 0 radical (unpaired) electrons. The molecule has 0 aliphatic rings. The van der Waals surface area contributed by atoms with Gasteiger partial charge in [-0.15, -0.1) is 0 Å². The van der Waals surface area contributed by atoms with E-state index < -0.39 is 0 Å². The van der Waals surface area contributed by atoms with Gasteiger partial charge in [0.05, 0.1) is 12.3 Å². The minimum absolute atomic E-state index is 0.763. The number of hydrogen-bond acceptors (Lipinski definition) is 4. The Kier molecular flexibility index (Phi) is 5.86. The van der Waals surface area contributed by atoms with Crippen LogP contribution in [0.4, 0.5) is 0 Å². The lowest BCUT2D eigenvalue weighted by Gasteiger charge is -2.04. The Balaban J connectivity index is 1.99. The molecule has 0 aromatic carbocycles. The summed E-state index contributed by atoms with van der Waals surface area (Å²) in [5, 5.41) is 3.25. The van der Waals surface area contributed by atoms with Crippen LogP contribution < -0.4 is 5.32 Å². The predicted molar refractivity (Wildman–Crippen MR) is 54.8 cm³/mol. The Morgan fingerprint density at radius 2 is 2.36 bits per heavy atom. The van der Waals surface area contributed by atoms with Crippen molar-refractivity contribution in [2.75, 3.05) is 19.8 Å². The molecular weight excluding hydrogens is 178 g/mol. The van der Waals surface area contributed by atoms with Crippen molar-refractivity contribution in [1.82, 2.24) is 15.3 Å². The van der Waals surface area contributed by atoms with Crippen LogP contribution in [0.25, 0.3) is 0 Å². The molecule has 4 heteroatoms. The monoisotopic (exact) mass is 195 g/mol. The van der Waals surface area contributed by atoms with Gasteiger partial charge in [0.1, 0.15) is 6.33 Å². The lowest BCUT2D eigenvalue weighted by Crippen LogP contribution is -2.20. The fraction of sp³-hybridized carbons (Fsp3) is 0.600. The fourth-order valence-corrected chi connectivity index (χ4v) is 1.03. The molecule has 0 unspecified atom stereocenters. The number of hydrogen-bond donors (Lipinski definition) is 1. The lowest BCUT2D eigenvalue weighted by atomic mass is 10.4. The first kappa shape index (κ1) is 11.1. The smallest absolute Gasteiger partial charge is 0.115 e. The summed E-state index contributed by atoms with van der Waals surface area (Å²) in [7, 11) is 0. The van der Waals surface area contributed by atoms with E-state index in [1.165, 1.54) is 0 Å². The zero-order valence-electron chi connectivity index (χ0n) is 8.57. The van der Waals surface area contributed by atoms with Crippen LogP contribution in [0.5, 0.6) is 0 Å². The second-order valence-electron chi connectivity index (χ2n) is 2.99. The Morgan fingerprint density at radius 3 is 3.07 bits per heavy atom. The first-order valence-corrected chi connectivity index (χ1v) is 4.97. The molecule has 1 heterocycles. The Labute approximate surface area is 84.7 Å². The number of rotatable bonds is 7. The van der Waals surface area contributed by atoms with E-state index in [0.717, 1.165) is 38.4 Å². The first-order valence-electron chi connectivity index (χ1n) is 4.97. The molecule has 0 spiro atoms. The highest BCUT2D eigenvalue weighted by Gasteiger charge is 1.91. The Hall–Kier alpha value is -1.00. The van der Waals surface area contributed by atoms with Crippen molar-refractivity contribution in [1.29, 1.82) is 0 Å². The van der Waals surface area contributed by atoms with E-state index in [1.54, 1.807) is 12.5 Å². The van der Waals surface area contributed by atoms with Crippen molar-refractivity contribution in [2.45, 2.75) is 19.9 Å². The maximum absolute atomic E-state index is 5.33. The highest BCUT2D eigenvalue weighted by atomic mass is 16.5. The maximum Gasteiger partial charge on any atom is 0.115 e. The zero-order valence-corrected chi connectivity index (χ0v) is 8.57. The molecule has 14 heavy (non-hydrogen) atoms. The maximum atomic E-state index is 5.33. The number of nitrogens with one attached hydrogen (secondary N) is 1. The van der Waals surface area contributed by atoms with Gasteiger partial charge < -0.3 is 10.1 Å². The molecule has 0 fully saturated rings. The van der Waals surface area contributed by atoms with Gasteiger partial charge in [0.25, 0.3) is 0 Å². The van der Waals surface area contributed by atoms with Crippen molar-refractivity contribution in [3.05, 3.63) is 24.3 Å². The standard InChI is InChI=1S/C10H17N3O/c1-2-6-14-7-5-11-8-10-3-4-12-9-13-10/h3-4,9,11H,2,5-8H2,1H3. The minimum atomic E-state index is 0.763.